The molecule has 0 unspecified atom stereocenters. The molecular formula is C19H21N3O4. The number of para-hydroxylation sites is 2. The van der Waals surface area contributed by atoms with Crippen LogP contribution in [0.15, 0.2) is 48.5 Å². The van der Waals surface area contributed by atoms with Gasteiger partial charge in [-0.15, -0.1) is 0 Å². The lowest BCUT2D eigenvalue weighted by atomic mass is 10.1. The summed E-state index contributed by atoms with van der Waals surface area (Å²) in [6.45, 7) is 2.78. The van der Waals surface area contributed by atoms with Gasteiger partial charge in [-0.25, -0.2) is 9.59 Å². The van der Waals surface area contributed by atoms with Crippen LogP contribution in [0, 0.1) is 0 Å². The van der Waals surface area contributed by atoms with Crippen molar-refractivity contribution in [3.8, 4) is 5.75 Å². The summed E-state index contributed by atoms with van der Waals surface area (Å²) in [4.78, 5) is 26.9. The molecule has 26 heavy (non-hydrogen) atoms. The Labute approximate surface area is 151 Å². The first-order valence-corrected chi connectivity index (χ1v) is 8.42. The fourth-order valence-electron chi connectivity index (χ4n) is 2.94. The number of carboxylic acids is 1. The summed E-state index contributed by atoms with van der Waals surface area (Å²) < 4.78 is 0. The molecule has 7 nitrogen and oxygen atoms in total. The number of rotatable bonds is 4. The molecule has 1 fully saturated rings. The maximum Gasteiger partial charge on any atom is 0.335 e. The van der Waals surface area contributed by atoms with E-state index in [2.05, 4.69) is 10.2 Å². The number of carboxylic acid groups (broad SMARTS) is 1. The van der Waals surface area contributed by atoms with Crippen LogP contribution in [-0.4, -0.2) is 53.3 Å². The number of carbonyl (C=O) groups excluding carboxylic acids is 1. The maximum absolute atomic E-state index is 12.3. The number of phenols is 1. The highest BCUT2D eigenvalue weighted by atomic mass is 16.4. The molecule has 2 aromatic carbocycles. The second-order valence-corrected chi connectivity index (χ2v) is 6.12. The third-order valence-electron chi connectivity index (χ3n) is 4.43. The van der Waals surface area contributed by atoms with E-state index in [0.29, 0.717) is 32.7 Å². The van der Waals surface area contributed by atoms with Crippen LogP contribution >= 0.6 is 0 Å². The summed E-state index contributed by atoms with van der Waals surface area (Å²) in [5.41, 5.74) is 1.85. The molecule has 1 heterocycles. The first-order chi connectivity index (χ1) is 12.5. The van der Waals surface area contributed by atoms with Gasteiger partial charge in [-0.1, -0.05) is 24.3 Å². The summed E-state index contributed by atoms with van der Waals surface area (Å²) in [6.07, 6.45) is 0. The van der Waals surface area contributed by atoms with Crippen molar-refractivity contribution in [2.45, 2.75) is 6.54 Å². The van der Waals surface area contributed by atoms with E-state index in [1.807, 2.05) is 12.1 Å². The molecule has 0 saturated carbocycles. The van der Waals surface area contributed by atoms with Crippen LogP contribution in [0.25, 0.3) is 0 Å². The molecule has 2 aromatic rings. The number of hydrogen-bond acceptors (Lipinski definition) is 4. The van der Waals surface area contributed by atoms with E-state index in [9.17, 15) is 14.7 Å². The zero-order valence-electron chi connectivity index (χ0n) is 14.3. The largest absolute Gasteiger partial charge is 0.506 e. The van der Waals surface area contributed by atoms with Crippen LogP contribution in [-0.2, 0) is 6.54 Å². The minimum atomic E-state index is -0.970. The van der Waals surface area contributed by atoms with Gasteiger partial charge >= 0.3 is 12.0 Å². The van der Waals surface area contributed by atoms with Crippen LogP contribution in [0.2, 0.25) is 0 Å². The second kappa shape index (κ2) is 7.77. The Morgan fingerprint density at radius 2 is 1.62 bits per heavy atom. The summed E-state index contributed by atoms with van der Waals surface area (Å²) in [5.74, 6) is -0.724. The average Bonchev–Trinajstić information content (AvgIpc) is 2.67. The van der Waals surface area contributed by atoms with Crippen LogP contribution < -0.4 is 10.2 Å². The summed E-state index contributed by atoms with van der Waals surface area (Å²) in [6, 6.07) is 13.5. The Kier molecular flexibility index (Phi) is 5.26. The van der Waals surface area contributed by atoms with Crippen molar-refractivity contribution in [1.82, 2.24) is 10.2 Å². The van der Waals surface area contributed by atoms with E-state index < -0.39 is 5.97 Å². The van der Waals surface area contributed by atoms with Crippen molar-refractivity contribution in [3.63, 3.8) is 0 Å². The predicted molar refractivity (Wildman–Crippen MR) is 97.5 cm³/mol. The number of benzene rings is 2. The molecule has 3 rings (SSSR count). The zero-order chi connectivity index (χ0) is 18.5. The van der Waals surface area contributed by atoms with Gasteiger partial charge in [0.25, 0.3) is 0 Å². The molecule has 1 aliphatic heterocycles. The molecule has 0 radical (unpaired) electrons. The summed E-state index contributed by atoms with van der Waals surface area (Å²) in [7, 11) is 0. The Morgan fingerprint density at radius 1 is 0.962 bits per heavy atom. The highest BCUT2D eigenvalue weighted by molar-refractivity contribution is 5.87. The number of hydrogen-bond donors (Lipinski definition) is 3. The van der Waals surface area contributed by atoms with Crippen molar-refractivity contribution in [1.29, 1.82) is 0 Å². The highest BCUT2D eigenvalue weighted by Gasteiger charge is 2.22. The normalized spacial score (nSPS) is 14.2. The van der Waals surface area contributed by atoms with Gasteiger partial charge in [-0.05, 0) is 29.8 Å². The fourth-order valence-corrected chi connectivity index (χ4v) is 2.94. The molecule has 2 amide bonds. The van der Waals surface area contributed by atoms with Crippen molar-refractivity contribution in [2.24, 2.45) is 0 Å². The molecule has 1 saturated heterocycles. The number of amides is 2. The van der Waals surface area contributed by atoms with Gasteiger partial charge in [-0.2, -0.15) is 0 Å². The third-order valence-corrected chi connectivity index (χ3v) is 4.43. The van der Waals surface area contributed by atoms with Crippen molar-refractivity contribution in [2.75, 3.05) is 31.1 Å². The lowest BCUT2D eigenvalue weighted by Gasteiger charge is -2.36. The number of piperazine rings is 1. The standard InChI is InChI=1S/C19H21N3O4/c23-17-4-2-1-3-16(17)21-9-11-22(12-10-21)19(26)20-13-14-5-7-15(8-6-14)18(24)25/h1-8,23H,9-13H2,(H,20,26)(H,24,25). The third kappa shape index (κ3) is 4.05. The van der Waals surface area contributed by atoms with E-state index in [1.54, 1.807) is 29.2 Å². The summed E-state index contributed by atoms with van der Waals surface area (Å²) >= 11 is 0. The van der Waals surface area contributed by atoms with Crippen LogP contribution in [0.5, 0.6) is 5.75 Å². The van der Waals surface area contributed by atoms with Crippen LogP contribution in [0.4, 0.5) is 10.5 Å². The van der Waals surface area contributed by atoms with Crippen LogP contribution in [0.3, 0.4) is 0 Å². The van der Waals surface area contributed by atoms with E-state index in [-0.39, 0.29) is 17.3 Å². The number of aromatic carboxylic acids is 1. The number of anilines is 1. The molecule has 0 aromatic heterocycles. The molecule has 136 valence electrons. The molecule has 0 atom stereocenters. The van der Waals surface area contributed by atoms with Gasteiger partial charge in [-0.3, -0.25) is 0 Å². The minimum absolute atomic E-state index is 0.149. The van der Waals surface area contributed by atoms with Gasteiger partial charge in [0.1, 0.15) is 5.75 Å². The fraction of sp³-hybridized carbons (Fsp3) is 0.263. The van der Waals surface area contributed by atoms with Crippen molar-refractivity contribution in [3.05, 3.63) is 59.7 Å². The first-order valence-electron chi connectivity index (χ1n) is 8.42. The number of nitrogens with zero attached hydrogens (tertiary/aromatic N) is 2. The molecule has 1 aliphatic rings. The SMILES string of the molecule is O=C(O)c1ccc(CNC(=O)N2CCN(c3ccccc3O)CC2)cc1. The van der Waals surface area contributed by atoms with Gasteiger partial charge in [0, 0.05) is 32.7 Å². The van der Waals surface area contributed by atoms with Gasteiger partial charge in [0.05, 0.1) is 11.3 Å². The Bertz CT molecular complexity index is 784. The number of nitrogens with one attached hydrogen (secondary N) is 1. The molecule has 0 spiro atoms. The lowest BCUT2D eigenvalue weighted by Crippen LogP contribution is -2.51. The smallest absolute Gasteiger partial charge is 0.335 e. The van der Waals surface area contributed by atoms with Crippen molar-refractivity contribution < 1.29 is 19.8 Å². The average molecular weight is 355 g/mol. The number of carbonyl (C=O) groups is 2. The molecule has 0 aliphatic carbocycles. The van der Waals surface area contributed by atoms with Gasteiger partial charge in [0.15, 0.2) is 0 Å². The number of aromatic hydroxyl groups is 1. The second-order valence-electron chi connectivity index (χ2n) is 6.12. The molecular weight excluding hydrogens is 334 g/mol. The van der Waals surface area contributed by atoms with E-state index in [1.165, 1.54) is 12.1 Å². The lowest BCUT2D eigenvalue weighted by molar-refractivity contribution is 0.0697. The minimum Gasteiger partial charge on any atom is -0.506 e. The maximum atomic E-state index is 12.3. The first kappa shape index (κ1) is 17.6. The van der Waals surface area contributed by atoms with Gasteiger partial charge in [0.2, 0.25) is 0 Å². The Morgan fingerprint density at radius 3 is 2.23 bits per heavy atom. The van der Waals surface area contributed by atoms with E-state index in [4.69, 9.17) is 5.11 Å². The quantitative estimate of drug-likeness (QED) is 0.781. The summed E-state index contributed by atoms with van der Waals surface area (Å²) in [5, 5.41) is 21.7. The van der Waals surface area contributed by atoms with Gasteiger partial charge < -0.3 is 25.3 Å². The Hall–Kier alpha value is -3.22. The zero-order valence-corrected chi connectivity index (χ0v) is 14.3. The van der Waals surface area contributed by atoms with Crippen molar-refractivity contribution >= 4 is 17.7 Å². The number of urea groups is 1. The highest BCUT2D eigenvalue weighted by Crippen LogP contribution is 2.27. The molecule has 0 bridgehead atoms. The number of phenolic OH excluding ortho intramolecular Hbond substituents is 1. The van der Waals surface area contributed by atoms with Crippen LogP contribution in [0.1, 0.15) is 15.9 Å². The Balaban J connectivity index is 1.49. The molecule has 7 heteroatoms. The topological polar surface area (TPSA) is 93.1 Å². The predicted octanol–water partition coefficient (Wildman–Crippen LogP) is 2.12. The van der Waals surface area contributed by atoms with E-state index >= 15 is 0 Å². The monoisotopic (exact) mass is 355 g/mol. The molecule has 3 N–H and O–H groups in total. The van der Waals surface area contributed by atoms with E-state index in [0.717, 1.165) is 11.3 Å².